The molecule has 0 spiro atoms. The topological polar surface area (TPSA) is 81.7 Å². The molecule has 2 rings (SSSR count). The van der Waals surface area contributed by atoms with Crippen LogP contribution in [0, 0.1) is 0 Å². The van der Waals surface area contributed by atoms with Gasteiger partial charge >= 0.3 is 27.7 Å². The Morgan fingerprint density at radius 1 is 1.20 bits per heavy atom. The molecular formula is C12H9F6NO5S. The zero-order valence-corrected chi connectivity index (χ0v) is 12.8. The second kappa shape index (κ2) is 6.28. The van der Waals surface area contributed by atoms with E-state index in [1.807, 2.05) is 0 Å². The van der Waals surface area contributed by atoms with Crippen LogP contribution in [0.2, 0.25) is 0 Å². The van der Waals surface area contributed by atoms with Crippen LogP contribution in [0.25, 0.3) is 0 Å². The SMILES string of the molecule is O=C(N[C@@H]1COc2cccc(OS(=O)(=O)C(F)(F)F)c2C1)C(F)(F)F. The molecule has 25 heavy (non-hydrogen) atoms. The fraction of sp³-hybridized carbons (Fsp3) is 0.417. The quantitative estimate of drug-likeness (QED) is 0.482. The summed E-state index contributed by atoms with van der Waals surface area (Å²) in [5, 5.41) is 1.60. The van der Waals surface area contributed by atoms with Crippen LogP contribution in [0.4, 0.5) is 26.3 Å². The van der Waals surface area contributed by atoms with Crippen LogP contribution in [0.15, 0.2) is 18.2 Å². The lowest BCUT2D eigenvalue weighted by molar-refractivity contribution is -0.174. The van der Waals surface area contributed by atoms with Crippen molar-refractivity contribution < 1.29 is 48.5 Å². The number of fused-ring (bicyclic) bond motifs is 1. The van der Waals surface area contributed by atoms with Crippen molar-refractivity contribution in [2.24, 2.45) is 0 Å². The highest BCUT2D eigenvalue weighted by molar-refractivity contribution is 7.88. The van der Waals surface area contributed by atoms with E-state index >= 15 is 0 Å². The molecule has 1 aromatic rings. The van der Waals surface area contributed by atoms with Gasteiger partial charge in [-0.3, -0.25) is 4.79 Å². The van der Waals surface area contributed by atoms with E-state index in [0.29, 0.717) is 0 Å². The van der Waals surface area contributed by atoms with Crippen molar-refractivity contribution in [1.29, 1.82) is 0 Å². The number of ether oxygens (including phenoxy) is 1. The fourth-order valence-corrected chi connectivity index (χ4v) is 2.47. The Labute approximate surface area is 136 Å². The molecule has 1 heterocycles. The molecule has 1 amide bonds. The first kappa shape index (κ1) is 19.1. The van der Waals surface area contributed by atoms with Gasteiger partial charge in [-0.25, -0.2) is 0 Å². The molecule has 0 radical (unpaired) electrons. The van der Waals surface area contributed by atoms with E-state index in [1.165, 1.54) is 6.07 Å². The lowest BCUT2D eigenvalue weighted by atomic mass is 10.0. The molecule has 1 aromatic carbocycles. The van der Waals surface area contributed by atoms with Crippen LogP contribution in [-0.2, 0) is 21.3 Å². The van der Waals surface area contributed by atoms with Crippen LogP contribution >= 0.6 is 0 Å². The van der Waals surface area contributed by atoms with E-state index in [-0.39, 0.29) is 17.9 Å². The number of nitrogens with one attached hydrogen (secondary N) is 1. The predicted molar refractivity (Wildman–Crippen MR) is 69.2 cm³/mol. The number of hydrogen-bond acceptors (Lipinski definition) is 5. The van der Waals surface area contributed by atoms with Crippen LogP contribution in [0.1, 0.15) is 5.56 Å². The number of hydrogen-bond donors (Lipinski definition) is 1. The van der Waals surface area contributed by atoms with Crippen molar-refractivity contribution in [1.82, 2.24) is 5.32 Å². The molecule has 140 valence electrons. The van der Waals surface area contributed by atoms with Crippen LogP contribution in [0.3, 0.4) is 0 Å². The number of halogens is 6. The molecule has 1 aliphatic rings. The lowest BCUT2D eigenvalue weighted by Crippen LogP contribution is -2.48. The fourth-order valence-electron chi connectivity index (χ4n) is 1.98. The standard InChI is InChI=1S/C12H9F6NO5S/c13-11(14,15)10(20)19-6-4-7-8(23-5-6)2-1-3-9(7)24-25(21,22)12(16,17)18/h1-3,6H,4-5H2,(H,19,20)/t6-/m0/s1. The number of carbonyl (C=O) groups is 1. The third-order valence-corrected chi connectivity index (χ3v) is 4.02. The van der Waals surface area contributed by atoms with Gasteiger partial charge in [0.05, 0.1) is 6.04 Å². The Bertz CT molecular complexity index is 773. The van der Waals surface area contributed by atoms with Gasteiger partial charge in [0.15, 0.2) is 0 Å². The largest absolute Gasteiger partial charge is 0.534 e. The summed E-state index contributed by atoms with van der Waals surface area (Å²) in [6, 6.07) is 2.07. The third kappa shape index (κ3) is 4.27. The summed E-state index contributed by atoms with van der Waals surface area (Å²) in [5.74, 6) is -3.07. The maximum absolute atomic E-state index is 12.4. The van der Waals surface area contributed by atoms with E-state index in [4.69, 9.17) is 4.74 Å². The first-order valence-electron chi connectivity index (χ1n) is 6.44. The van der Waals surface area contributed by atoms with Crippen LogP contribution in [0.5, 0.6) is 11.5 Å². The molecule has 0 bridgehead atoms. The Morgan fingerprint density at radius 3 is 2.40 bits per heavy atom. The average Bonchev–Trinajstić information content (AvgIpc) is 2.45. The zero-order valence-electron chi connectivity index (χ0n) is 11.9. The Morgan fingerprint density at radius 2 is 1.84 bits per heavy atom. The molecule has 1 N–H and O–H groups in total. The van der Waals surface area contributed by atoms with Crippen molar-refractivity contribution in [3.05, 3.63) is 23.8 Å². The normalized spacial score (nSPS) is 18.1. The Balaban J connectivity index is 2.25. The number of amides is 1. The molecule has 13 heteroatoms. The van der Waals surface area contributed by atoms with E-state index in [9.17, 15) is 39.6 Å². The van der Waals surface area contributed by atoms with Gasteiger partial charge in [0.25, 0.3) is 0 Å². The molecule has 0 unspecified atom stereocenters. The Hall–Kier alpha value is -2.18. The highest BCUT2D eigenvalue weighted by Gasteiger charge is 2.49. The summed E-state index contributed by atoms with van der Waals surface area (Å²) in [6.45, 7) is -0.385. The first-order valence-corrected chi connectivity index (χ1v) is 7.85. The molecule has 0 aromatic heterocycles. The van der Waals surface area contributed by atoms with Crippen molar-refractivity contribution >= 4 is 16.0 Å². The number of rotatable bonds is 3. The summed E-state index contributed by atoms with van der Waals surface area (Å²) in [5.41, 5.74) is -5.90. The molecule has 0 aliphatic carbocycles. The van der Waals surface area contributed by atoms with Gasteiger partial charge in [-0.05, 0) is 12.1 Å². The number of benzene rings is 1. The Kier molecular flexibility index (Phi) is 4.81. The molecule has 6 nitrogen and oxygen atoms in total. The molecular weight excluding hydrogens is 384 g/mol. The maximum atomic E-state index is 12.4. The summed E-state index contributed by atoms with van der Waals surface area (Å²) >= 11 is 0. The number of carbonyl (C=O) groups excluding carboxylic acids is 1. The monoisotopic (exact) mass is 393 g/mol. The third-order valence-electron chi connectivity index (χ3n) is 3.06. The van der Waals surface area contributed by atoms with Crippen LogP contribution in [-0.4, -0.2) is 38.7 Å². The van der Waals surface area contributed by atoms with E-state index in [1.54, 1.807) is 5.32 Å². The summed E-state index contributed by atoms with van der Waals surface area (Å²) in [7, 11) is -5.97. The van der Waals surface area contributed by atoms with Gasteiger partial charge in [0.2, 0.25) is 0 Å². The highest BCUT2D eigenvalue weighted by Crippen LogP contribution is 2.36. The summed E-state index contributed by atoms with van der Waals surface area (Å²) in [6.07, 6.45) is -5.57. The van der Waals surface area contributed by atoms with Gasteiger partial charge in [-0.2, -0.15) is 34.8 Å². The predicted octanol–water partition coefficient (Wildman–Crippen LogP) is 1.90. The second-order valence-electron chi connectivity index (χ2n) is 4.90. The summed E-state index contributed by atoms with van der Waals surface area (Å²) in [4.78, 5) is 10.9. The zero-order chi connectivity index (χ0) is 19.0. The smallest absolute Gasteiger partial charge is 0.491 e. The first-order chi connectivity index (χ1) is 11.3. The minimum Gasteiger partial charge on any atom is -0.491 e. The molecule has 0 saturated heterocycles. The molecule has 1 aliphatic heterocycles. The van der Waals surface area contributed by atoms with Crippen molar-refractivity contribution in [3.63, 3.8) is 0 Å². The van der Waals surface area contributed by atoms with E-state index < -0.39 is 45.9 Å². The lowest BCUT2D eigenvalue weighted by Gasteiger charge is -2.27. The van der Waals surface area contributed by atoms with E-state index in [2.05, 4.69) is 4.18 Å². The second-order valence-corrected chi connectivity index (χ2v) is 6.44. The van der Waals surface area contributed by atoms with Crippen molar-refractivity contribution in [2.45, 2.75) is 24.1 Å². The molecule has 0 saturated carbocycles. The van der Waals surface area contributed by atoms with Crippen molar-refractivity contribution in [3.8, 4) is 11.5 Å². The highest BCUT2D eigenvalue weighted by atomic mass is 32.2. The van der Waals surface area contributed by atoms with Gasteiger partial charge in [-0.15, -0.1) is 0 Å². The van der Waals surface area contributed by atoms with Gasteiger partial charge in [0, 0.05) is 12.0 Å². The van der Waals surface area contributed by atoms with Gasteiger partial charge < -0.3 is 14.2 Å². The van der Waals surface area contributed by atoms with E-state index in [0.717, 1.165) is 12.1 Å². The van der Waals surface area contributed by atoms with Gasteiger partial charge in [-0.1, -0.05) is 6.07 Å². The molecule has 1 atom stereocenters. The number of alkyl halides is 6. The summed E-state index contributed by atoms with van der Waals surface area (Å²) < 4.78 is 105. The van der Waals surface area contributed by atoms with Crippen LogP contribution < -0.4 is 14.2 Å². The molecule has 0 fully saturated rings. The van der Waals surface area contributed by atoms with Gasteiger partial charge in [0.1, 0.15) is 18.1 Å². The maximum Gasteiger partial charge on any atom is 0.534 e. The minimum atomic E-state index is -5.97. The van der Waals surface area contributed by atoms with Crippen molar-refractivity contribution in [2.75, 3.05) is 6.61 Å². The minimum absolute atomic E-state index is 0.0626. The average molecular weight is 393 g/mol.